The molecule has 0 fully saturated rings. The lowest BCUT2D eigenvalue weighted by Gasteiger charge is -2.08. The molecule has 0 radical (unpaired) electrons. The highest BCUT2D eigenvalue weighted by Crippen LogP contribution is 2.21. The SMILES string of the molecule is CCNc1ccc(Cl)c(C(=O)NCc2cc(C)c(C)s2)n1. The lowest BCUT2D eigenvalue weighted by Crippen LogP contribution is -2.24. The Hall–Kier alpha value is -1.59. The van der Waals surface area contributed by atoms with Crippen molar-refractivity contribution in [2.24, 2.45) is 0 Å². The van der Waals surface area contributed by atoms with Gasteiger partial charge in [-0.2, -0.15) is 0 Å². The van der Waals surface area contributed by atoms with Crippen LogP contribution in [0.5, 0.6) is 0 Å². The summed E-state index contributed by atoms with van der Waals surface area (Å²) in [5.41, 5.74) is 1.50. The molecule has 4 nitrogen and oxygen atoms in total. The third-order valence-electron chi connectivity index (χ3n) is 3.06. The lowest BCUT2D eigenvalue weighted by atomic mass is 10.3. The Morgan fingerprint density at radius 2 is 2.14 bits per heavy atom. The van der Waals surface area contributed by atoms with Crippen LogP contribution in [0.2, 0.25) is 5.02 Å². The molecule has 0 aliphatic rings. The molecule has 2 N–H and O–H groups in total. The number of nitrogens with one attached hydrogen (secondary N) is 2. The molecule has 0 spiro atoms. The van der Waals surface area contributed by atoms with Gasteiger partial charge in [0.05, 0.1) is 11.6 Å². The molecule has 21 heavy (non-hydrogen) atoms. The van der Waals surface area contributed by atoms with Crippen LogP contribution in [0.1, 0.15) is 32.7 Å². The van der Waals surface area contributed by atoms with E-state index >= 15 is 0 Å². The van der Waals surface area contributed by atoms with Gasteiger partial charge in [-0.3, -0.25) is 4.79 Å². The maximum absolute atomic E-state index is 12.2. The van der Waals surface area contributed by atoms with E-state index in [-0.39, 0.29) is 11.6 Å². The fourth-order valence-corrected chi connectivity index (χ4v) is 3.05. The minimum atomic E-state index is -0.261. The summed E-state index contributed by atoms with van der Waals surface area (Å²) in [6, 6.07) is 5.53. The molecule has 0 saturated carbocycles. The number of hydrogen-bond donors (Lipinski definition) is 2. The monoisotopic (exact) mass is 323 g/mol. The van der Waals surface area contributed by atoms with Gasteiger partial charge in [0.2, 0.25) is 0 Å². The summed E-state index contributed by atoms with van der Waals surface area (Å²) in [4.78, 5) is 18.8. The van der Waals surface area contributed by atoms with Crippen molar-refractivity contribution in [3.63, 3.8) is 0 Å². The van der Waals surface area contributed by atoms with E-state index in [0.717, 1.165) is 11.4 Å². The molecule has 2 aromatic heterocycles. The summed E-state index contributed by atoms with van der Waals surface area (Å²) in [5, 5.41) is 6.28. The third-order valence-corrected chi connectivity index (χ3v) is 4.52. The molecule has 0 atom stereocenters. The lowest BCUT2D eigenvalue weighted by molar-refractivity contribution is 0.0946. The van der Waals surface area contributed by atoms with Crippen molar-refractivity contribution in [2.75, 3.05) is 11.9 Å². The maximum atomic E-state index is 12.2. The molecule has 0 unspecified atom stereocenters. The zero-order valence-electron chi connectivity index (χ0n) is 12.3. The fraction of sp³-hybridized carbons (Fsp3) is 0.333. The van der Waals surface area contributed by atoms with Gasteiger partial charge < -0.3 is 10.6 Å². The minimum absolute atomic E-state index is 0.250. The van der Waals surface area contributed by atoms with Gasteiger partial charge in [0.15, 0.2) is 0 Å². The largest absolute Gasteiger partial charge is 0.370 e. The Morgan fingerprint density at radius 1 is 1.38 bits per heavy atom. The van der Waals surface area contributed by atoms with Crippen molar-refractivity contribution in [3.8, 4) is 0 Å². The van der Waals surface area contributed by atoms with E-state index in [1.54, 1.807) is 23.5 Å². The molecule has 6 heteroatoms. The van der Waals surface area contributed by atoms with Crippen molar-refractivity contribution in [3.05, 3.63) is 44.2 Å². The first-order chi connectivity index (χ1) is 10.0. The fourth-order valence-electron chi connectivity index (χ4n) is 1.87. The summed E-state index contributed by atoms with van der Waals surface area (Å²) in [7, 11) is 0. The molecule has 2 heterocycles. The Morgan fingerprint density at radius 3 is 2.76 bits per heavy atom. The number of hydrogen-bond acceptors (Lipinski definition) is 4. The number of aromatic nitrogens is 1. The van der Waals surface area contributed by atoms with E-state index in [9.17, 15) is 4.79 Å². The van der Waals surface area contributed by atoms with E-state index in [0.29, 0.717) is 17.4 Å². The summed E-state index contributed by atoms with van der Waals surface area (Å²) < 4.78 is 0. The standard InChI is InChI=1S/C15H18ClN3OS/c1-4-17-13-6-5-12(16)14(19-13)15(20)18-8-11-7-9(2)10(3)21-11/h5-7H,4,8H2,1-3H3,(H,17,19)(H,18,20). The number of carbonyl (C=O) groups is 1. The predicted octanol–water partition coefficient (Wildman–Crippen LogP) is 3.78. The van der Waals surface area contributed by atoms with Crippen LogP contribution in [-0.4, -0.2) is 17.4 Å². The van der Waals surface area contributed by atoms with Crippen LogP contribution < -0.4 is 10.6 Å². The van der Waals surface area contributed by atoms with Gasteiger partial charge in [-0.1, -0.05) is 11.6 Å². The van der Waals surface area contributed by atoms with Crippen LogP contribution in [0.15, 0.2) is 18.2 Å². The third kappa shape index (κ3) is 3.95. The van der Waals surface area contributed by atoms with Gasteiger partial charge in [-0.05, 0) is 44.5 Å². The molecular formula is C15H18ClN3OS. The highest BCUT2D eigenvalue weighted by atomic mass is 35.5. The average molecular weight is 324 g/mol. The van der Waals surface area contributed by atoms with E-state index < -0.39 is 0 Å². The summed E-state index contributed by atoms with van der Waals surface area (Å²) in [6.45, 7) is 7.33. The van der Waals surface area contributed by atoms with Gasteiger partial charge in [0.25, 0.3) is 5.91 Å². The number of rotatable bonds is 5. The van der Waals surface area contributed by atoms with Gasteiger partial charge in [0.1, 0.15) is 11.5 Å². The van der Waals surface area contributed by atoms with E-state index in [1.807, 2.05) is 6.92 Å². The van der Waals surface area contributed by atoms with E-state index in [1.165, 1.54) is 10.4 Å². The van der Waals surface area contributed by atoms with Gasteiger partial charge in [-0.15, -0.1) is 11.3 Å². The van der Waals surface area contributed by atoms with Crippen molar-refractivity contribution in [2.45, 2.75) is 27.3 Å². The van der Waals surface area contributed by atoms with Gasteiger partial charge >= 0.3 is 0 Å². The Kier molecular flexibility index (Phi) is 5.20. The second kappa shape index (κ2) is 6.91. The van der Waals surface area contributed by atoms with Crippen LogP contribution in [0.25, 0.3) is 0 Å². The predicted molar refractivity (Wildman–Crippen MR) is 88.4 cm³/mol. The van der Waals surface area contributed by atoms with Crippen LogP contribution in [-0.2, 0) is 6.54 Å². The van der Waals surface area contributed by atoms with E-state index in [4.69, 9.17) is 11.6 Å². The van der Waals surface area contributed by atoms with Crippen molar-refractivity contribution in [1.82, 2.24) is 10.3 Å². The van der Waals surface area contributed by atoms with Gasteiger partial charge in [-0.25, -0.2) is 4.98 Å². The zero-order valence-corrected chi connectivity index (χ0v) is 13.9. The average Bonchev–Trinajstić information content (AvgIpc) is 2.77. The number of carbonyl (C=O) groups excluding carboxylic acids is 1. The summed E-state index contributed by atoms with van der Waals surface area (Å²) in [6.07, 6.45) is 0. The number of anilines is 1. The molecule has 0 bridgehead atoms. The number of amides is 1. The quantitative estimate of drug-likeness (QED) is 0.880. The molecule has 0 saturated heterocycles. The van der Waals surface area contributed by atoms with Crippen molar-refractivity contribution in [1.29, 1.82) is 0 Å². The van der Waals surface area contributed by atoms with Crippen LogP contribution in [0, 0.1) is 13.8 Å². The molecule has 0 aliphatic heterocycles. The molecule has 0 aromatic carbocycles. The van der Waals surface area contributed by atoms with Crippen molar-refractivity contribution >= 4 is 34.7 Å². The molecule has 1 amide bonds. The first-order valence-electron chi connectivity index (χ1n) is 6.75. The van der Waals surface area contributed by atoms with Crippen LogP contribution in [0.4, 0.5) is 5.82 Å². The second-order valence-electron chi connectivity index (χ2n) is 4.69. The maximum Gasteiger partial charge on any atom is 0.271 e. The molecule has 0 aliphatic carbocycles. The first kappa shape index (κ1) is 15.8. The molecule has 2 rings (SSSR count). The normalized spacial score (nSPS) is 10.5. The first-order valence-corrected chi connectivity index (χ1v) is 7.95. The smallest absolute Gasteiger partial charge is 0.271 e. The molecular weight excluding hydrogens is 306 g/mol. The number of thiophene rings is 1. The highest BCUT2D eigenvalue weighted by Gasteiger charge is 2.13. The number of pyridine rings is 1. The Balaban J connectivity index is 2.07. The Bertz CT molecular complexity index is 635. The van der Waals surface area contributed by atoms with Crippen LogP contribution >= 0.6 is 22.9 Å². The summed E-state index contributed by atoms with van der Waals surface area (Å²) >= 11 is 7.74. The second-order valence-corrected chi connectivity index (χ2v) is 6.44. The van der Waals surface area contributed by atoms with Crippen LogP contribution in [0.3, 0.4) is 0 Å². The number of aryl methyl sites for hydroxylation is 2. The minimum Gasteiger partial charge on any atom is -0.370 e. The molecule has 2 aromatic rings. The zero-order chi connectivity index (χ0) is 15.4. The molecule has 112 valence electrons. The topological polar surface area (TPSA) is 54.0 Å². The highest BCUT2D eigenvalue weighted by molar-refractivity contribution is 7.12. The number of nitrogens with zero attached hydrogens (tertiary/aromatic N) is 1. The summed E-state index contributed by atoms with van der Waals surface area (Å²) in [5.74, 6) is 0.387. The van der Waals surface area contributed by atoms with Gasteiger partial charge in [0, 0.05) is 16.3 Å². The van der Waals surface area contributed by atoms with E-state index in [2.05, 4.69) is 35.5 Å². The van der Waals surface area contributed by atoms with Crippen molar-refractivity contribution < 1.29 is 4.79 Å². The Labute approximate surface area is 133 Å². The number of halogens is 1.